The Balaban J connectivity index is 1.88. The molecule has 0 aliphatic carbocycles. The van der Waals surface area contributed by atoms with Gasteiger partial charge < -0.3 is 10.3 Å². The van der Waals surface area contributed by atoms with Crippen LogP contribution >= 0.6 is 0 Å². The van der Waals surface area contributed by atoms with E-state index in [9.17, 15) is 0 Å². The zero-order valence-corrected chi connectivity index (χ0v) is 11.3. The molecular weight excluding hydrogens is 262 g/mol. The van der Waals surface area contributed by atoms with E-state index in [1.165, 1.54) is 0 Å². The van der Waals surface area contributed by atoms with Gasteiger partial charge in [0.25, 0.3) is 0 Å². The Bertz CT molecular complexity index is 779. The molecule has 0 aliphatic heterocycles. The number of anilines is 1. The highest BCUT2D eigenvalue weighted by Crippen LogP contribution is 2.20. The van der Waals surface area contributed by atoms with Crippen molar-refractivity contribution in [3.63, 3.8) is 0 Å². The van der Waals surface area contributed by atoms with E-state index in [2.05, 4.69) is 16.0 Å². The predicted molar refractivity (Wildman–Crippen MR) is 80.1 cm³/mol. The third-order valence-electron chi connectivity index (χ3n) is 3.23. The highest BCUT2D eigenvalue weighted by Gasteiger charge is 2.06. The van der Waals surface area contributed by atoms with Gasteiger partial charge in [0, 0.05) is 18.3 Å². The zero-order valence-electron chi connectivity index (χ0n) is 11.3. The Morgan fingerprint density at radius 1 is 1.10 bits per heavy atom. The number of nitrogen functional groups attached to an aromatic ring is 1. The van der Waals surface area contributed by atoms with Crippen LogP contribution in [0.3, 0.4) is 0 Å². The Kier molecular flexibility index (Phi) is 3.36. The number of hydrogen-bond donors (Lipinski definition) is 1. The second kappa shape index (κ2) is 5.47. The third kappa shape index (κ3) is 2.74. The van der Waals surface area contributed by atoms with Gasteiger partial charge in [0.15, 0.2) is 0 Å². The van der Waals surface area contributed by atoms with Gasteiger partial charge in [-0.3, -0.25) is 0 Å². The van der Waals surface area contributed by atoms with Gasteiger partial charge in [0.05, 0.1) is 29.9 Å². The number of aromatic nitrogens is 3. The molecule has 2 N–H and O–H groups in total. The van der Waals surface area contributed by atoms with Crippen LogP contribution in [-0.2, 0) is 6.54 Å². The molecule has 0 saturated carbocycles. The van der Waals surface area contributed by atoms with Crippen molar-refractivity contribution in [3.05, 3.63) is 66.2 Å². The average molecular weight is 275 g/mol. The largest absolute Gasteiger partial charge is 0.384 e. The lowest BCUT2D eigenvalue weighted by molar-refractivity contribution is 0.804. The van der Waals surface area contributed by atoms with E-state index in [0.717, 1.165) is 16.8 Å². The predicted octanol–water partition coefficient (Wildman–Crippen LogP) is 2.45. The van der Waals surface area contributed by atoms with Crippen molar-refractivity contribution in [2.24, 2.45) is 0 Å². The molecular formula is C16H13N5. The number of pyridine rings is 1. The summed E-state index contributed by atoms with van der Waals surface area (Å²) < 4.78 is 2.04. The molecule has 2 heterocycles. The number of benzene rings is 1. The summed E-state index contributed by atoms with van der Waals surface area (Å²) in [4.78, 5) is 8.31. The summed E-state index contributed by atoms with van der Waals surface area (Å²) in [5, 5.41) is 8.82. The summed E-state index contributed by atoms with van der Waals surface area (Å²) >= 11 is 0. The minimum Gasteiger partial charge on any atom is -0.384 e. The summed E-state index contributed by atoms with van der Waals surface area (Å²) in [7, 11) is 0. The fraction of sp³-hybridized carbons (Fsp3) is 0.0625. The van der Waals surface area contributed by atoms with Crippen LogP contribution in [0.5, 0.6) is 0 Å². The second-order valence-electron chi connectivity index (χ2n) is 4.69. The molecule has 3 rings (SSSR count). The first-order valence-corrected chi connectivity index (χ1v) is 6.47. The molecule has 0 aliphatic rings. The first kappa shape index (κ1) is 12.9. The van der Waals surface area contributed by atoms with Crippen molar-refractivity contribution in [3.8, 4) is 17.3 Å². The van der Waals surface area contributed by atoms with Crippen molar-refractivity contribution in [1.29, 1.82) is 5.26 Å². The topological polar surface area (TPSA) is 80.5 Å². The Hall–Kier alpha value is -3.13. The summed E-state index contributed by atoms with van der Waals surface area (Å²) in [5.74, 6) is 0.497. The first-order valence-electron chi connectivity index (χ1n) is 6.47. The van der Waals surface area contributed by atoms with E-state index < -0.39 is 0 Å². The first-order chi connectivity index (χ1) is 10.3. The van der Waals surface area contributed by atoms with E-state index in [1.54, 1.807) is 24.8 Å². The monoisotopic (exact) mass is 275 g/mol. The third-order valence-corrected chi connectivity index (χ3v) is 3.23. The lowest BCUT2D eigenvalue weighted by Gasteiger charge is -2.08. The standard InChI is InChI=1S/C16H13N5/c17-7-12-1-3-13(4-2-12)10-21-11-19-9-15(21)14-5-6-16(18)20-8-14/h1-6,8-9,11H,10H2,(H2,18,20). The van der Waals surface area contributed by atoms with E-state index in [4.69, 9.17) is 11.0 Å². The number of rotatable bonds is 3. The molecule has 1 aromatic carbocycles. The van der Waals surface area contributed by atoms with Crippen molar-refractivity contribution < 1.29 is 0 Å². The molecule has 0 spiro atoms. The van der Waals surface area contributed by atoms with Crippen LogP contribution in [0.2, 0.25) is 0 Å². The molecule has 0 fully saturated rings. The SMILES string of the molecule is N#Cc1ccc(Cn2cncc2-c2ccc(N)nc2)cc1. The minimum atomic E-state index is 0.497. The van der Waals surface area contributed by atoms with Gasteiger partial charge in [-0.1, -0.05) is 12.1 Å². The molecule has 5 nitrogen and oxygen atoms in total. The molecule has 21 heavy (non-hydrogen) atoms. The number of nitriles is 1. The molecule has 0 saturated heterocycles. The quantitative estimate of drug-likeness (QED) is 0.796. The van der Waals surface area contributed by atoms with Gasteiger partial charge in [-0.2, -0.15) is 5.26 Å². The molecule has 2 aromatic heterocycles. The average Bonchev–Trinajstić information content (AvgIpc) is 2.97. The zero-order chi connectivity index (χ0) is 14.7. The molecule has 0 unspecified atom stereocenters. The number of hydrogen-bond acceptors (Lipinski definition) is 4. The molecule has 0 bridgehead atoms. The van der Waals surface area contributed by atoms with Crippen LogP contribution in [0.1, 0.15) is 11.1 Å². The summed E-state index contributed by atoms with van der Waals surface area (Å²) in [6, 6.07) is 13.3. The van der Waals surface area contributed by atoms with Crippen LogP contribution < -0.4 is 5.73 Å². The lowest BCUT2D eigenvalue weighted by atomic mass is 10.1. The van der Waals surface area contributed by atoms with Gasteiger partial charge in [-0.05, 0) is 29.8 Å². The summed E-state index contributed by atoms with van der Waals surface area (Å²) in [6.07, 6.45) is 5.32. The van der Waals surface area contributed by atoms with Gasteiger partial charge in [-0.25, -0.2) is 9.97 Å². The number of imidazole rings is 1. The Morgan fingerprint density at radius 2 is 1.90 bits per heavy atom. The molecule has 102 valence electrons. The van der Waals surface area contributed by atoms with Gasteiger partial charge in [0.1, 0.15) is 5.82 Å². The Morgan fingerprint density at radius 3 is 2.57 bits per heavy atom. The molecule has 0 atom stereocenters. The van der Waals surface area contributed by atoms with Crippen molar-refractivity contribution in [2.45, 2.75) is 6.54 Å². The van der Waals surface area contributed by atoms with Crippen LogP contribution in [0.25, 0.3) is 11.3 Å². The maximum absolute atomic E-state index is 8.82. The second-order valence-corrected chi connectivity index (χ2v) is 4.69. The fourth-order valence-corrected chi connectivity index (χ4v) is 2.13. The van der Waals surface area contributed by atoms with Crippen LogP contribution in [0.15, 0.2) is 55.1 Å². The van der Waals surface area contributed by atoms with Gasteiger partial charge in [0.2, 0.25) is 0 Å². The number of nitrogens with two attached hydrogens (primary N) is 1. The van der Waals surface area contributed by atoms with E-state index in [0.29, 0.717) is 17.9 Å². The molecule has 3 aromatic rings. The molecule has 5 heteroatoms. The minimum absolute atomic E-state index is 0.497. The van der Waals surface area contributed by atoms with Crippen LogP contribution in [0, 0.1) is 11.3 Å². The summed E-state index contributed by atoms with van der Waals surface area (Å²) in [6.45, 7) is 0.686. The van der Waals surface area contributed by atoms with Crippen molar-refractivity contribution >= 4 is 5.82 Å². The van der Waals surface area contributed by atoms with E-state index >= 15 is 0 Å². The Labute approximate surface area is 122 Å². The van der Waals surface area contributed by atoms with Crippen molar-refractivity contribution in [1.82, 2.24) is 14.5 Å². The molecule has 0 radical (unpaired) electrons. The summed E-state index contributed by atoms with van der Waals surface area (Å²) in [5.41, 5.74) is 9.32. The van der Waals surface area contributed by atoms with Crippen LogP contribution in [-0.4, -0.2) is 14.5 Å². The maximum atomic E-state index is 8.82. The maximum Gasteiger partial charge on any atom is 0.123 e. The smallest absolute Gasteiger partial charge is 0.123 e. The van der Waals surface area contributed by atoms with E-state index in [1.807, 2.05) is 34.9 Å². The van der Waals surface area contributed by atoms with Gasteiger partial charge in [-0.15, -0.1) is 0 Å². The van der Waals surface area contributed by atoms with Crippen molar-refractivity contribution in [2.75, 3.05) is 5.73 Å². The highest BCUT2D eigenvalue weighted by molar-refractivity contribution is 5.59. The molecule has 0 amide bonds. The van der Waals surface area contributed by atoms with Crippen LogP contribution in [0.4, 0.5) is 5.82 Å². The highest BCUT2D eigenvalue weighted by atomic mass is 15.0. The van der Waals surface area contributed by atoms with Gasteiger partial charge >= 0.3 is 0 Å². The normalized spacial score (nSPS) is 10.2. The fourth-order valence-electron chi connectivity index (χ4n) is 2.13. The lowest BCUT2D eigenvalue weighted by Crippen LogP contribution is -2.01. The number of nitrogens with zero attached hydrogens (tertiary/aromatic N) is 4. The van der Waals surface area contributed by atoms with E-state index in [-0.39, 0.29) is 0 Å².